The highest BCUT2D eigenvalue weighted by molar-refractivity contribution is 7.87. The van der Waals surface area contributed by atoms with Crippen molar-refractivity contribution >= 4 is 10.2 Å². The van der Waals surface area contributed by atoms with Crippen molar-refractivity contribution < 1.29 is 8.42 Å². The molecule has 0 aromatic heterocycles. The van der Waals surface area contributed by atoms with Crippen LogP contribution in [-0.4, -0.2) is 44.4 Å². The van der Waals surface area contributed by atoms with Gasteiger partial charge in [-0.25, -0.2) is 0 Å². The molecular weight excluding hydrogens is 286 g/mol. The molecule has 0 spiro atoms. The summed E-state index contributed by atoms with van der Waals surface area (Å²) in [5.74, 6) is 0.460. The number of nitrogens with zero attached hydrogens (tertiary/aromatic N) is 1. The van der Waals surface area contributed by atoms with Gasteiger partial charge in [0.2, 0.25) is 0 Å². The zero-order chi connectivity index (χ0) is 15.3. The fourth-order valence-electron chi connectivity index (χ4n) is 2.93. The zero-order valence-electron chi connectivity index (χ0n) is 13.5. The minimum absolute atomic E-state index is 0.0277. The summed E-state index contributed by atoms with van der Waals surface area (Å²) in [7, 11) is -3.31. The normalized spacial score (nSPS) is 25.9. The first-order valence-corrected chi connectivity index (χ1v) is 9.96. The van der Waals surface area contributed by atoms with Crippen molar-refractivity contribution in [3.8, 4) is 0 Å². The summed E-state index contributed by atoms with van der Waals surface area (Å²) in [4.78, 5) is 0. The van der Waals surface area contributed by atoms with Gasteiger partial charge in [-0.2, -0.15) is 17.4 Å². The molecule has 21 heavy (non-hydrogen) atoms. The molecule has 0 amide bonds. The maximum Gasteiger partial charge on any atom is 0.279 e. The van der Waals surface area contributed by atoms with Crippen molar-refractivity contribution in [2.45, 2.75) is 70.9 Å². The molecule has 2 fully saturated rings. The Morgan fingerprint density at radius 3 is 2.71 bits per heavy atom. The number of unbranched alkanes of at least 4 members (excludes halogenated alkanes) is 1. The van der Waals surface area contributed by atoms with E-state index in [-0.39, 0.29) is 6.04 Å². The van der Waals surface area contributed by atoms with Crippen molar-refractivity contribution in [3.63, 3.8) is 0 Å². The summed E-state index contributed by atoms with van der Waals surface area (Å²) < 4.78 is 29.4. The molecule has 1 heterocycles. The fraction of sp³-hybridized carbons (Fsp3) is 1.00. The largest absolute Gasteiger partial charge is 0.314 e. The summed E-state index contributed by atoms with van der Waals surface area (Å²) >= 11 is 0. The molecule has 1 saturated carbocycles. The Morgan fingerprint density at radius 1 is 1.29 bits per heavy atom. The van der Waals surface area contributed by atoms with Crippen LogP contribution in [0.3, 0.4) is 0 Å². The second-order valence-corrected chi connectivity index (χ2v) is 8.42. The molecule has 1 saturated heterocycles. The lowest BCUT2D eigenvalue weighted by Crippen LogP contribution is -2.49. The van der Waals surface area contributed by atoms with Gasteiger partial charge in [0.25, 0.3) is 10.2 Å². The van der Waals surface area contributed by atoms with E-state index in [1.165, 1.54) is 12.8 Å². The summed E-state index contributed by atoms with van der Waals surface area (Å²) in [5, 5.41) is 3.53. The first-order chi connectivity index (χ1) is 10.0. The van der Waals surface area contributed by atoms with Crippen LogP contribution in [0.1, 0.15) is 58.8 Å². The van der Waals surface area contributed by atoms with Crippen LogP contribution in [0.5, 0.6) is 0 Å². The third kappa shape index (κ3) is 5.85. The Hall–Kier alpha value is -0.170. The molecule has 0 aromatic rings. The summed E-state index contributed by atoms with van der Waals surface area (Å²) in [6.45, 7) is 6.37. The average Bonchev–Trinajstić information content (AvgIpc) is 3.27. The highest BCUT2D eigenvalue weighted by atomic mass is 32.2. The second kappa shape index (κ2) is 7.90. The SMILES string of the molecule is CCCCC(C)NS(=O)(=O)N1CCCC(CNC2CC2)C1. The van der Waals surface area contributed by atoms with Crippen LogP contribution in [0.25, 0.3) is 0 Å². The van der Waals surface area contributed by atoms with Gasteiger partial charge in [-0.15, -0.1) is 0 Å². The monoisotopic (exact) mass is 317 g/mol. The first kappa shape index (κ1) is 17.2. The van der Waals surface area contributed by atoms with E-state index in [2.05, 4.69) is 17.0 Å². The van der Waals surface area contributed by atoms with Crippen molar-refractivity contribution in [3.05, 3.63) is 0 Å². The molecule has 0 radical (unpaired) electrons. The molecule has 1 aliphatic carbocycles. The number of hydrogen-bond acceptors (Lipinski definition) is 3. The Morgan fingerprint density at radius 2 is 2.05 bits per heavy atom. The van der Waals surface area contributed by atoms with Gasteiger partial charge >= 0.3 is 0 Å². The predicted molar refractivity (Wildman–Crippen MR) is 86.4 cm³/mol. The molecule has 0 bridgehead atoms. The maximum absolute atomic E-state index is 12.4. The van der Waals surface area contributed by atoms with Crippen LogP contribution in [0.15, 0.2) is 0 Å². The van der Waals surface area contributed by atoms with E-state index in [9.17, 15) is 8.42 Å². The summed E-state index contributed by atoms with van der Waals surface area (Å²) in [6, 6.07) is 0.726. The lowest BCUT2D eigenvalue weighted by molar-refractivity contribution is 0.256. The quantitative estimate of drug-likeness (QED) is 0.682. The van der Waals surface area contributed by atoms with Crippen molar-refractivity contribution in [1.29, 1.82) is 0 Å². The summed E-state index contributed by atoms with van der Waals surface area (Å²) in [6.07, 6.45) is 7.76. The van der Waals surface area contributed by atoms with Gasteiger partial charge in [0.05, 0.1) is 0 Å². The Bertz CT molecular complexity index is 409. The Labute approximate surface area is 130 Å². The van der Waals surface area contributed by atoms with Crippen molar-refractivity contribution in [2.24, 2.45) is 5.92 Å². The van der Waals surface area contributed by atoms with Gasteiger partial charge in [0.1, 0.15) is 0 Å². The minimum atomic E-state index is -3.31. The van der Waals surface area contributed by atoms with Crippen molar-refractivity contribution in [2.75, 3.05) is 19.6 Å². The van der Waals surface area contributed by atoms with Crippen LogP contribution in [0.2, 0.25) is 0 Å². The van der Waals surface area contributed by atoms with E-state index in [0.29, 0.717) is 25.0 Å². The van der Waals surface area contributed by atoms with E-state index < -0.39 is 10.2 Å². The number of rotatable bonds is 9. The topological polar surface area (TPSA) is 61.4 Å². The third-order valence-electron chi connectivity index (χ3n) is 4.43. The van der Waals surface area contributed by atoms with E-state index in [1.807, 2.05) is 6.92 Å². The third-order valence-corrected chi connectivity index (χ3v) is 6.15. The molecule has 2 rings (SSSR count). The van der Waals surface area contributed by atoms with Crippen LogP contribution in [0, 0.1) is 5.92 Å². The average molecular weight is 317 g/mol. The molecule has 5 nitrogen and oxygen atoms in total. The van der Waals surface area contributed by atoms with E-state index in [1.54, 1.807) is 4.31 Å². The predicted octanol–water partition coefficient (Wildman–Crippen LogP) is 1.86. The van der Waals surface area contributed by atoms with E-state index >= 15 is 0 Å². The smallest absolute Gasteiger partial charge is 0.279 e. The molecule has 2 aliphatic rings. The van der Waals surface area contributed by atoms with Gasteiger partial charge in [-0.3, -0.25) is 0 Å². The standard InChI is InChI=1S/C15H31N3O2S/c1-3-4-6-13(2)17-21(19,20)18-10-5-7-14(12-18)11-16-15-8-9-15/h13-17H,3-12H2,1-2H3. The Balaban J connectivity index is 1.80. The molecule has 2 unspecified atom stereocenters. The molecular formula is C15H31N3O2S. The van der Waals surface area contributed by atoms with E-state index in [0.717, 1.165) is 38.6 Å². The van der Waals surface area contributed by atoms with Crippen LogP contribution >= 0.6 is 0 Å². The summed E-state index contributed by atoms with van der Waals surface area (Å²) in [5.41, 5.74) is 0. The molecule has 0 aromatic carbocycles. The first-order valence-electron chi connectivity index (χ1n) is 8.52. The molecule has 1 aliphatic heterocycles. The highest BCUT2D eigenvalue weighted by Crippen LogP contribution is 2.22. The van der Waals surface area contributed by atoms with Gasteiger partial charge in [0, 0.05) is 25.2 Å². The van der Waals surface area contributed by atoms with Gasteiger partial charge in [-0.1, -0.05) is 19.8 Å². The van der Waals surface area contributed by atoms with Crippen molar-refractivity contribution in [1.82, 2.24) is 14.3 Å². The molecule has 2 N–H and O–H groups in total. The lowest BCUT2D eigenvalue weighted by Gasteiger charge is -2.33. The van der Waals surface area contributed by atoms with Gasteiger partial charge < -0.3 is 5.32 Å². The zero-order valence-corrected chi connectivity index (χ0v) is 14.3. The maximum atomic E-state index is 12.4. The number of nitrogens with one attached hydrogen (secondary N) is 2. The molecule has 124 valence electrons. The van der Waals surface area contributed by atoms with Gasteiger partial charge in [0.15, 0.2) is 0 Å². The van der Waals surface area contributed by atoms with Gasteiger partial charge in [-0.05, 0) is 51.5 Å². The Kier molecular flexibility index (Phi) is 6.47. The fourth-order valence-corrected chi connectivity index (χ4v) is 4.48. The number of hydrogen-bond donors (Lipinski definition) is 2. The minimum Gasteiger partial charge on any atom is -0.314 e. The van der Waals surface area contributed by atoms with E-state index in [4.69, 9.17) is 0 Å². The second-order valence-electron chi connectivity index (χ2n) is 6.71. The van der Waals surface area contributed by atoms with Crippen LogP contribution < -0.4 is 10.0 Å². The van der Waals surface area contributed by atoms with Crippen LogP contribution in [0.4, 0.5) is 0 Å². The molecule has 2 atom stereocenters. The number of piperidine rings is 1. The highest BCUT2D eigenvalue weighted by Gasteiger charge is 2.30. The molecule has 6 heteroatoms. The van der Waals surface area contributed by atoms with Crippen LogP contribution in [-0.2, 0) is 10.2 Å². The lowest BCUT2D eigenvalue weighted by atomic mass is 10.00.